The molecule has 0 aliphatic rings. The third-order valence-corrected chi connectivity index (χ3v) is 7.45. The second-order valence-corrected chi connectivity index (χ2v) is 10.5. The van der Waals surface area contributed by atoms with Crippen LogP contribution in [0.3, 0.4) is 0 Å². The maximum absolute atomic E-state index is 13.4. The number of carbonyl (C=O) groups excluding carboxylic acids is 1. The zero-order chi connectivity index (χ0) is 28.3. The lowest BCUT2D eigenvalue weighted by Crippen LogP contribution is -2.04. The van der Waals surface area contributed by atoms with E-state index in [0.717, 1.165) is 28.6 Å². The highest BCUT2D eigenvalue weighted by atomic mass is 35.5. The molecule has 204 valence electrons. The van der Waals surface area contributed by atoms with Crippen LogP contribution in [0.2, 0.25) is 10.0 Å². The van der Waals surface area contributed by atoms with E-state index < -0.39 is 0 Å². The predicted molar refractivity (Wildman–Crippen MR) is 165 cm³/mol. The molecule has 8 heteroatoms. The number of fused-ring (bicyclic) bond motifs is 3. The Kier molecular flexibility index (Phi) is 7.59. The highest BCUT2D eigenvalue weighted by Crippen LogP contribution is 2.34. The van der Waals surface area contributed by atoms with Crippen molar-refractivity contribution in [3.8, 4) is 5.75 Å². The van der Waals surface area contributed by atoms with Gasteiger partial charge in [0.15, 0.2) is 5.78 Å². The Balaban J connectivity index is 1.22. The number of para-hydroxylation sites is 1. The molecule has 41 heavy (non-hydrogen) atoms. The summed E-state index contributed by atoms with van der Waals surface area (Å²) in [5.41, 5.74) is 5.27. The molecule has 0 unspecified atom stereocenters. The molecule has 0 atom stereocenters. The SMILES string of the molecule is CCn1c2ccccc2c2cc(/C=C/C(=O)c3cc(Cl)cc(Cl)c3OCc3cn(Cc4ccccc4)nn3)ccc21. The van der Waals surface area contributed by atoms with Crippen molar-refractivity contribution in [2.24, 2.45) is 0 Å². The van der Waals surface area contributed by atoms with Gasteiger partial charge in [-0.15, -0.1) is 5.10 Å². The van der Waals surface area contributed by atoms with Gasteiger partial charge in [-0.25, -0.2) is 4.68 Å². The molecular formula is C33H26Cl2N4O2. The zero-order valence-electron chi connectivity index (χ0n) is 22.3. The fourth-order valence-corrected chi connectivity index (χ4v) is 5.61. The molecule has 0 fully saturated rings. The lowest BCUT2D eigenvalue weighted by molar-refractivity contribution is 0.104. The first-order chi connectivity index (χ1) is 20.0. The van der Waals surface area contributed by atoms with E-state index in [-0.39, 0.29) is 28.7 Å². The number of allylic oxidation sites excluding steroid dienone is 1. The molecule has 0 aliphatic heterocycles. The summed E-state index contributed by atoms with van der Waals surface area (Å²) in [6, 6.07) is 27.7. The van der Waals surface area contributed by atoms with E-state index in [1.165, 1.54) is 17.0 Å². The van der Waals surface area contributed by atoms with Crippen LogP contribution in [-0.2, 0) is 19.7 Å². The van der Waals surface area contributed by atoms with Crippen LogP contribution in [0.25, 0.3) is 27.9 Å². The van der Waals surface area contributed by atoms with Gasteiger partial charge < -0.3 is 9.30 Å². The number of ketones is 1. The fraction of sp³-hybridized carbons (Fsp3) is 0.121. The van der Waals surface area contributed by atoms with Gasteiger partial charge in [-0.3, -0.25) is 4.79 Å². The van der Waals surface area contributed by atoms with Gasteiger partial charge in [-0.1, -0.05) is 89.1 Å². The average molecular weight is 582 g/mol. The molecular weight excluding hydrogens is 555 g/mol. The summed E-state index contributed by atoms with van der Waals surface area (Å²) in [5.74, 6) is -0.0157. The molecule has 0 spiro atoms. The maximum atomic E-state index is 13.4. The molecule has 6 aromatic rings. The van der Waals surface area contributed by atoms with Gasteiger partial charge in [0.2, 0.25) is 0 Å². The maximum Gasteiger partial charge on any atom is 0.189 e. The number of aromatic nitrogens is 4. The second kappa shape index (κ2) is 11.6. The average Bonchev–Trinajstić information content (AvgIpc) is 3.56. The van der Waals surface area contributed by atoms with Gasteiger partial charge in [-0.2, -0.15) is 0 Å². The number of nitrogens with zero attached hydrogens (tertiary/aromatic N) is 4. The van der Waals surface area contributed by atoms with Crippen molar-refractivity contribution in [2.45, 2.75) is 26.6 Å². The van der Waals surface area contributed by atoms with Crippen molar-refractivity contribution in [1.29, 1.82) is 0 Å². The van der Waals surface area contributed by atoms with E-state index in [2.05, 4.69) is 52.1 Å². The Bertz CT molecular complexity index is 1910. The minimum absolute atomic E-state index is 0.0955. The van der Waals surface area contributed by atoms with Crippen molar-refractivity contribution in [3.63, 3.8) is 0 Å². The number of rotatable bonds is 9. The Morgan fingerprint density at radius 2 is 1.71 bits per heavy atom. The molecule has 0 saturated carbocycles. The monoisotopic (exact) mass is 580 g/mol. The van der Waals surface area contributed by atoms with Crippen molar-refractivity contribution >= 4 is 56.9 Å². The van der Waals surface area contributed by atoms with Crippen LogP contribution in [0, 0.1) is 0 Å². The number of hydrogen-bond donors (Lipinski definition) is 0. The molecule has 6 rings (SSSR count). The lowest BCUT2D eigenvalue weighted by atomic mass is 10.1. The molecule has 0 bridgehead atoms. The third kappa shape index (κ3) is 5.62. The van der Waals surface area contributed by atoms with Gasteiger partial charge in [0.1, 0.15) is 18.1 Å². The minimum atomic E-state index is -0.270. The van der Waals surface area contributed by atoms with Gasteiger partial charge in [-0.05, 0) is 54.5 Å². The molecule has 4 aromatic carbocycles. The topological polar surface area (TPSA) is 61.9 Å². The summed E-state index contributed by atoms with van der Waals surface area (Å²) in [6.07, 6.45) is 5.13. The van der Waals surface area contributed by atoms with Crippen LogP contribution in [0.15, 0.2) is 97.2 Å². The first-order valence-corrected chi connectivity index (χ1v) is 14.0. The lowest BCUT2D eigenvalue weighted by Gasteiger charge is -2.11. The number of hydrogen-bond acceptors (Lipinski definition) is 4. The van der Waals surface area contributed by atoms with Crippen LogP contribution >= 0.6 is 23.2 Å². The van der Waals surface area contributed by atoms with Crippen molar-refractivity contribution < 1.29 is 9.53 Å². The molecule has 0 aliphatic carbocycles. The van der Waals surface area contributed by atoms with Gasteiger partial charge in [0.05, 0.1) is 23.3 Å². The molecule has 6 nitrogen and oxygen atoms in total. The van der Waals surface area contributed by atoms with E-state index in [9.17, 15) is 4.79 Å². The van der Waals surface area contributed by atoms with E-state index in [1.807, 2.05) is 48.7 Å². The summed E-state index contributed by atoms with van der Waals surface area (Å²) in [6.45, 7) is 3.70. The van der Waals surface area contributed by atoms with E-state index in [0.29, 0.717) is 17.3 Å². The zero-order valence-corrected chi connectivity index (χ0v) is 23.8. The third-order valence-electron chi connectivity index (χ3n) is 6.95. The van der Waals surface area contributed by atoms with Crippen molar-refractivity contribution in [3.05, 3.63) is 130 Å². The van der Waals surface area contributed by atoms with Crippen LogP contribution < -0.4 is 4.74 Å². The number of halogens is 2. The summed E-state index contributed by atoms with van der Waals surface area (Å²) in [7, 11) is 0. The quantitative estimate of drug-likeness (QED) is 0.127. The molecule has 0 amide bonds. The van der Waals surface area contributed by atoms with Gasteiger partial charge in [0.25, 0.3) is 0 Å². The number of benzene rings is 4. The van der Waals surface area contributed by atoms with Crippen LogP contribution in [0.5, 0.6) is 5.75 Å². The molecule has 0 radical (unpaired) electrons. The minimum Gasteiger partial charge on any atom is -0.485 e. The van der Waals surface area contributed by atoms with Crippen LogP contribution in [0.4, 0.5) is 0 Å². The molecule has 0 saturated heterocycles. The van der Waals surface area contributed by atoms with Crippen LogP contribution in [-0.4, -0.2) is 25.3 Å². The van der Waals surface area contributed by atoms with Crippen molar-refractivity contribution in [2.75, 3.05) is 0 Å². The molecule has 2 aromatic heterocycles. The summed E-state index contributed by atoms with van der Waals surface area (Å²) >= 11 is 12.8. The Morgan fingerprint density at radius 1 is 0.927 bits per heavy atom. The largest absolute Gasteiger partial charge is 0.485 e. The summed E-state index contributed by atoms with van der Waals surface area (Å²) < 4.78 is 10.0. The summed E-state index contributed by atoms with van der Waals surface area (Å²) in [5, 5.41) is 11.3. The number of aryl methyl sites for hydroxylation is 1. The fourth-order valence-electron chi connectivity index (χ4n) is 5.07. The smallest absolute Gasteiger partial charge is 0.189 e. The van der Waals surface area contributed by atoms with E-state index in [4.69, 9.17) is 27.9 Å². The van der Waals surface area contributed by atoms with Gasteiger partial charge >= 0.3 is 0 Å². The van der Waals surface area contributed by atoms with Crippen molar-refractivity contribution in [1.82, 2.24) is 19.6 Å². The highest BCUT2D eigenvalue weighted by Gasteiger charge is 2.17. The summed E-state index contributed by atoms with van der Waals surface area (Å²) in [4.78, 5) is 13.4. The van der Waals surface area contributed by atoms with E-state index in [1.54, 1.807) is 22.9 Å². The standard InChI is InChI=1S/C33H26Cl2N4O2/c1-2-39-30-11-7-6-10-26(30)27-16-22(12-14-31(27)39)13-15-32(40)28-17-24(34)18-29(35)33(28)41-21-25-20-38(37-36-25)19-23-8-4-3-5-9-23/h3-18,20H,2,19,21H2,1H3/b15-13+. The number of carbonyl (C=O) groups is 1. The number of ether oxygens (including phenoxy) is 1. The first-order valence-electron chi connectivity index (χ1n) is 13.3. The molecule has 0 N–H and O–H groups in total. The Hall–Kier alpha value is -4.39. The second-order valence-electron chi connectivity index (χ2n) is 9.68. The Labute approximate surface area is 247 Å². The van der Waals surface area contributed by atoms with E-state index >= 15 is 0 Å². The highest BCUT2D eigenvalue weighted by molar-refractivity contribution is 6.36. The molecule has 2 heterocycles. The Morgan fingerprint density at radius 3 is 2.54 bits per heavy atom. The normalized spacial score (nSPS) is 11.6. The van der Waals surface area contributed by atoms with Crippen LogP contribution in [0.1, 0.15) is 34.1 Å². The predicted octanol–water partition coefficient (Wildman–Crippen LogP) is 8.24. The first kappa shape index (κ1) is 26.8. The van der Waals surface area contributed by atoms with Gasteiger partial charge in [0, 0.05) is 33.4 Å².